The smallest absolute Gasteiger partial charge is 0.409 e. The number of nitrogens with one attached hydrogen (secondary N) is 1. The number of rotatable bonds is 6. The lowest BCUT2D eigenvalue weighted by atomic mass is 9.96. The molecule has 1 N–H and O–H groups in total. The second-order valence-corrected chi connectivity index (χ2v) is 8.17. The maximum atomic E-state index is 12.8. The van der Waals surface area contributed by atoms with Crippen molar-refractivity contribution < 1.29 is 14.3 Å². The van der Waals surface area contributed by atoms with Crippen LogP contribution < -0.4 is 5.32 Å². The van der Waals surface area contributed by atoms with E-state index in [0.29, 0.717) is 38.5 Å². The van der Waals surface area contributed by atoms with Gasteiger partial charge in [-0.25, -0.2) is 9.78 Å². The zero-order chi connectivity index (χ0) is 21.0. The number of benzene rings is 1. The van der Waals surface area contributed by atoms with E-state index in [1.165, 1.54) is 0 Å². The maximum absolute atomic E-state index is 12.8. The van der Waals surface area contributed by atoms with Crippen LogP contribution in [0, 0.1) is 11.8 Å². The number of piperidine rings is 1. The molecule has 0 spiro atoms. The third-order valence-electron chi connectivity index (χ3n) is 5.41. The molecule has 1 saturated heterocycles. The number of fused-ring (bicyclic) bond motifs is 1. The molecule has 0 bridgehead atoms. The number of carbonyl (C=O) groups excluding carboxylic acids is 2. The van der Waals surface area contributed by atoms with Crippen LogP contribution in [0.1, 0.15) is 52.4 Å². The number of aryl methyl sites for hydroxylation is 1. The number of carbonyl (C=O) groups is 2. The predicted octanol–water partition coefficient (Wildman–Crippen LogP) is 3.74. The van der Waals surface area contributed by atoms with Crippen LogP contribution in [0.3, 0.4) is 0 Å². The number of ether oxygens (including phenoxy) is 1. The minimum absolute atomic E-state index is 0.0300. The molecule has 1 fully saturated rings. The number of aromatic nitrogens is 2. The highest BCUT2D eigenvalue weighted by Gasteiger charge is 2.29. The molecular weight excluding hydrogens is 368 g/mol. The molecule has 3 rings (SSSR count). The molecule has 1 aliphatic rings. The summed E-state index contributed by atoms with van der Waals surface area (Å²) in [5.74, 6) is 1.13. The molecule has 2 heterocycles. The number of likely N-dealkylation sites (tertiary alicyclic amines) is 1. The van der Waals surface area contributed by atoms with Gasteiger partial charge in [-0.2, -0.15) is 0 Å². The second kappa shape index (κ2) is 9.29. The number of para-hydroxylation sites is 2. The first kappa shape index (κ1) is 21.1. The van der Waals surface area contributed by atoms with Gasteiger partial charge in [-0.05, 0) is 44.7 Å². The molecule has 2 aromatic rings. The van der Waals surface area contributed by atoms with E-state index in [-0.39, 0.29) is 24.0 Å². The molecule has 0 aliphatic carbocycles. The fourth-order valence-corrected chi connectivity index (χ4v) is 3.81. The number of hydrogen-bond donors (Lipinski definition) is 1. The van der Waals surface area contributed by atoms with Gasteiger partial charge < -0.3 is 19.5 Å². The summed E-state index contributed by atoms with van der Waals surface area (Å²) in [4.78, 5) is 31.3. The summed E-state index contributed by atoms with van der Waals surface area (Å²) in [5.41, 5.74) is 2.03. The summed E-state index contributed by atoms with van der Waals surface area (Å²) in [6.07, 6.45) is 1.03. The number of amides is 2. The lowest BCUT2D eigenvalue weighted by Crippen LogP contribution is -2.44. The molecule has 1 unspecified atom stereocenters. The van der Waals surface area contributed by atoms with Crippen LogP contribution >= 0.6 is 0 Å². The Labute approximate surface area is 172 Å². The SMILES string of the molecule is CCn1c(C(C)NC(=O)C2CCN(C(=O)OCC(C)C)CC2)nc2ccccc21. The van der Waals surface area contributed by atoms with Gasteiger partial charge in [0, 0.05) is 25.6 Å². The molecule has 7 nitrogen and oxygen atoms in total. The predicted molar refractivity (Wildman–Crippen MR) is 112 cm³/mol. The summed E-state index contributed by atoms with van der Waals surface area (Å²) in [6, 6.07) is 7.85. The van der Waals surface area contributed by atoms with Crippen LogP contribution in [0.2, 0.25) is 0 Å². The summed E-state index contributed by atoms with van der Waals surface area (Å²) >= 11 is 0. The lowest BCUT2D eigenvalue weighted by Gasteiger charge is -2.31. The van der Waals surface area contributed by atoms with Gasteiger partial charge in [-0.1, -0.05) is 26.0 Å². The summed E-state index contributed by atoms with van der Waals surface area (Å²) in [6.45, 7) is 10.4. The van der Waals surface area contributed by atoms with Crippen LogP contribution in [-0.2, 0) is 16.1 Å². The third kappa shape index (κ3) is 4.89. The van der Waals surface area contributed by atoms with E-state index < -0.39 is 0 Å². The number of hydrogen-bond acceptors (Lipinski definition) is 4. The van der Waals surface area contributed by atoms with Crippen molar-refractivity contribution in [1.82, 2.24) is 19.8 Å². The van der Waals surface area contributed by atoms with Crippen molar-refractivity contribution in [2.24, 2.45) is 11.8 Å². The minimum atomic E-state index is -0.275. The molecule has 1 atom stereocenters. The van der Waals surface area contributed by atoms with Gasteiger partial charge in [0.15, 0.2) is 0 Å². The first-order valence-electron chi connectivity index (χ1n) is 10.6. The van der Waals surface area contributed by atoms with Gasteiger partial charge in [0.25, 0.3) is 0 Å². The Morgan fingerprint density at radius 2 is 1.90 bits per heavy atom. The van der Waals surface area contributed by atoms with Crippen molar-refractivity contribution in [2.45, 2.75) is 53.1 Å². The molecule has 29 heavy (non-hydrogen) atoms. The monoisotopic (exact) mass is 400 g/mol. The van der Waals surface area contributed by atoms with Crippen molar-refractivity contribution >= 4 is 23.0 Å². The average molecular weight is 401 g/mol. The van der Waals surface area contributed by atoms with E-state index in [9.17, 15) is 9.59 Å². The zero-order valence-electron chi connectivity index (χ0n) is 17.9. The lowest BCUT2D eigenvalue weighted by molar-refractivity contribution is -0.127. The quantitative estimate of drug-likeness (QED) is 0.801. The Morgan fingerprint density at radius 1 is 1.21 bits per heavy atom. The van der Waals surface area contributed by atoms with E-state index >= 15 is 0 Å². The molecule has 0 saturated carbocycles. The van der Waals surface area contributed by atoms with E-state index in [1.807, 2.05) is 39.0 Å². The Morgan fingerprint density at radius 3 is 2.55 bits per heavy atom. The Kier molecular flexibility index (Phi) is 6.77. The van der Waals surface area contributed by atoms with Crippen LogP contribution in [0.15, 0.2) is 24.3 Å². The van der Waals surface area contributed by atoms with E-state index in [1.54, 1.807) is 4.90 Å². The third-order valence-corrected chi connectivity index (χ3v) is 5.41. The zero-order valence-corrected chi connectivity index (χ0v) is 17.9. The standard InChI is InChI=1S/C22H32N4O3/c1-5-26-19-9-7-6-8-18(19)24-20(26)16(4)23-21(27)17-10-12-25(13-11-17)22(28)29-14-15(2)3/h6-9,15-17H,5,10-14H2,1-4H3,(H,23,27). The fourth-order valence-electron chi connectivity index (χ4n) is 3.81. The van der Waals surface area contributed by atoms with Gasteiger partial charge in [0.2, 0.25) is 5.91 Å². The van der Waals surface area contributed by atoms with Crippen molar-refractivity contribution in [3.63, 3.8) is 0 Å². The molecule has 2 amide bonds. The molecule has 1 aromatic heterocycles. The van der Waals surface area contributed by atoms with Crippen LogP contribution in [0.4, 0.5) is 4.79 Å². The Balaban J connectivity index is 1.57. The van der Waals surface area contributed by atoms with Gasteiger partial charge in [-0.15, -0.1) is 0 Å². The number of nitrogens with zero attached hydrogens (tertiary/aromatic N) is 3. The van der Waals surface area contributed by atoms with Gasteiger partial charge >= 0.3 is 6.09 Å². The molecule has 158 valence electrons. The van der Waals surface area contributed by atoms with Crippen LogP contribution in [0.25, 0.3) is 11.0 Å². The van der Waals surface area contributed by atoms with E-state index in [4.69, 9.17) is 9.72 Å². The maximum Gasteiger partial charge on any atom is 0.409 e. The number of imidazole rings is 1. The minimum Gasteiger partial charge on any atom is -0.449 e. The highest BCUT2D eigenvalue weighted by molar-refractivity contribution is 5.80. The average Bonchev–Trinajstić information content (AvgIpc) is 3.10. The highest BCUT2D eigenvalue weighted by Crippen LogP contribution is 2.23. The summed E-state index contributed by atoms with van der Waals surface area (Å²) in [7, 11) is 0. The topological polar surface area (TPSA) is 76.5 Å². The van der Waals surface area contributed by atoms with Gasteiger partial charge in [0.05, 0.1) is 23.7 Å². The first-order chi connectivity index (χ1) is 13.9. The molecule has 0 radical (unpaired) electrons. The molecule has 1 aromatic carbocycles. The van der Waals surface area contributed by atoms with Gasteiger partial charge in [0.1, 0.15) is 5.82 Å². The van der Waals surface area contributed by atoms with Crippen molar-refractivity contribution in [3.8, 4) is 0 Å². The highest BCUT2D eigenvalue weighted by atomic mass is 16.6. The van der Waals surface area contributed by atoms with Crippen LogP contribution in [-0.4, -0.2) is 46.1 Å². The fraction of sp³-hybridized carbons (Fsp3) is 0.591. The summed E-state index contributed by atoms with van der Waals surface area (Å²) in [5, 5.41) is 3.13. The molecule has 7 heteroatoms. The second-order valence-electron chi connectivity index (χ2n) is 8.17. The largest absolute Gasteiger partial charge is 0.449 e. The Hall–Kier alpha value is -2.57. The van der Waals surface area contributed by atoms with E-state index in [0.717, 1.165) is 23.4 Å². The van der Waals surface area contributed by atoms with Crippen molar-refractivity contribution in [2.75, 3.05) is 19.7 Å². The van der Waals surface area contributed by atoms with Crippen molar-refractivity contribution in [3.05, 3.63) is 30.1 Å². The van der Waals surface area contributed by atoms with Gasteiger partial charge in [-0.3, -0.25) is 4.79 Å². The normalized spacial score (nSPS) is 16.2. The van der Waals surface area contributed by atoms with Crippen molar-refractivity contribution in [1.29, 1.82) is 0 Å². The van der Waals surface area contributed by atoms with Crippen LogP contribution in [0.5, 0.6) is 0 Å². The molecular formula is C22H32N4O3. The molecule has 1 aliphatic heterocycles. The summed E-state index contributed by atoms with van der Waals surface area (Å²) < 4.78 is 7.44. The Bertz CT molecular complexity index is 853. The van der Waals surface area contributed by atoms with E-state index in [2.05, 4.69) is 22.9 Å². The first-order valence-corrected chi connectivity index (χ1v) is 10.6.